The zero-order valence-electron chi connectivity index (χ0n) is 6.67. The van der Waals surface area contributed by atoms with Gasteiger partial charge in [0.05, 0.1) is 0 Å². The molecule has 6 heteroatoms. The summed E-state index contributed by atoms with van der Waals surface area (Å²) in [4.78, 5) is 13.3. The third-order valence-corrected chi connectivity index (χ3v) is 1.57. The molecule has 0 saturated heterocycles. The lowest BCUT2D eigenvalue weighted by molar-refractivity contribution is 0.110. The molecule has 1 rings (SSSR count). The molecule has 1 aromatic rings. The second kappa shape index (κ2) is 3.87. The Balaban J connectivity index is 3.50. The zero-order valence-corrected chi connectivity index (χ0v) is 6.67. The average molecular weight is 200 g/mol. The molecule has 0 spiro atoms. The molecular weight excluding hydrogens is 197 g/mol. The first-order chi connectivity index (χ1) is 6.61. The summed E-state index contributed by atoms with van der Waals surface area (Å²) in [5, 5.41) is 8.40. The number of hydrogen-bond acceptors (Lipinski definition) is 3. The second-order valence-electron chi connectivity index (χ2n) is 2.32. The number of halogens is 3. The highest BCUT2D eigenvalue weighted by atomic mass is 19.3. The molecule has 0 saturated carbocycles. The number of pyridine rings is 1. The van der Waals surface area contributed by atoms with Crippen LogP contribution in [0, 0.1) is 17.3 Å². The summed E-state index contributed by atoms with van der Waals surface area (Å²) in [6.07, 6.45) is -2.40. The van der Waals surface area contributed by atoms with Crippen molar-refractivity contribution in [1.29, 1.82) is 5.26 Å². The van der Waals surface area contributed by atoms with E-state index in [4.69, 9.17) is 5.26 Å². The van der Waals surface area contributed by atoms with Gasteiger partial charge in [-0.3, -0.25) is 4.79 Å². The molecular formula is C8H3F3N2O. The Labute approximate surface area is 76.8 Å². The Morgan fingerprint density at radius 2 is 2.21 bits per heavy atom. The molecule has 0 aliphatic rings. The maximum absolute atomic E-state index is 12.7. The van der Waals surface area contributed by atoms with Crippen molar-refractivity contribution in [1.82, 2.24) is 4.98 Å². The van der Waals surface area contributed by atoms with Crippen molar-refractivity contribution in [2.24, 2.45) is 0 Å². The van der Waals surface area contributed by atoms with Crippen LogP contribution >= 0.6 is 0 Å². The maximum Gasteiger partial charge on any atom is 0.266 e. The van der Waals surface area contributed by atoms with Crippen LogP contribution in [0.15, 0.2) is 6.20 Å². The van der Waals surface area contributed by atoms with Gasteiger partial charge in [-0.2, -0.15) is 9.65 Å². The number of alkyl halides is 2. The van der Waals surface area contributed by atoms with Gasteiger partial charge in [0.1, 0.15) is 11.6 Å². The first-order valence-corrected chi connectivity index (χ1v) is 3.43. The van der Waals surface area contributed by atoms with Crippen LogP contribution in [0.4, 0.5) is 13.2 Å². The maximum atomic E-state index is 12.7. The van der Waals surface area contributed by atoms with E-state index in [-0.39, 0.29) is 6.29 Å². The minimum absolute atomic E-state index is 0.0187. The Bertz CT molecular complexity index is 412. The minimum Gasteiger partial charge on any atom is -0.298 e. The van der Waals surface area contributed by atoms with Crippen molar-refractivity contribution in [2.75, 3.05) is 0 Å². The van der Waals surface area contributed by atoms with Crippen molar-refractivity contribution in [3.8, 4) is 6.07 Å². The highest BCUT2D eigenvalue weighted by Gasteiger charge is 2.19. The molecule has 0 N–H and O–H groups in total. The van der Waals surface area contributed by atoms with Gasteiger partial charge in [-0.15, -0.1) is 0 Å². The molecule has 0 unspecified atom stereocenters. The van der Waals surface area contributed by atoms with Crippen LogP contribution < -0.4 is 0 Å². The normalized spacial score (nSPS) is 9.93. The molecule has 0 bridgehead atoms. The van der Waals surface area contributed by atoms with Crippen LogP contribution in [0.1, 0.15) is 27.9 Å². The number of nitrogens with zero attached hydrogens (tertiary/aromatic N) is 2. The number of hydrogen-bond donors (Lipinski definition) is 0. The zero-order chi connectivity index (χ0) is 10.7. The summed E-state index contributed by atoms with van der Waals surface area (Å²) >= 11 is 0. The molecule has 72 valence electrons. The predicted molar refractivity (Wildman–Crippen MR) is 39.3 cm³/mol. The van der Waals surface area contributed by atoms with Crippen LogP contribution in [0.3, 0.4) is 0 Å². The fraction of sp³-hybridized carbons (Fsp3) is 0.125. The Morgan fingerprint density at radius 3 is 2.64 bits per heavy atom. The molecule has 0 fully saturated rings. The van der Waals surface area contributed by atoms with E-state index in [1.54, 1.807) is 0 Å². The smallest absolute Gasteiger partial charge is 0.266 e. The van der Waals surface area contributed by atoms with Crippen LogP contribution in [0.5, 0.6) is 0 Å². The van der Waals surface area contributed by atoms with E-state index >= 15 is 0 Å². The largest absolute Gasteiger partial charge is 0.298 e. The molecule has 0 aliphatic carbocycles. The summed E-state index contributed by atoms with van der Waals surface area (Å²) < 4.78 is 37.2. The van der Waals surface area contributed by atoms with E-state index < -0.39 is 29.1 Å². The Hall–Kier alpha value is -1.90. The van der Waals surface area contributed by atoms with E-state index in [9.17, 15) is 18.0 Å². The lowest BCUT2D eigenvalue weighted by atomic mass is 10.1. The highest BCUT2D eigenvalue weighted by Crippen LogP contribution is 2.24. The quantitative estimate of drug-likeness (QED) is 0.540. The molecule has 1 heterocycles. The lowest BCUT2D eigenvalue weighted by Gasteiger charge is -2.04. The number of carbonyl (C=O) groups is 1. The van der Waals surface area contributed by atoms with Crippen molar-refractivity contribution in [3.05, 3.63) is 28.8 Å². The van der Waals surface area contributed by atoms with Gasteiger partial charge in [-0.1, -0.05) is 0 Å². The monoisotopic (exact) mass is 200 g/mol. The van der Waals surface area contributed by atoms with Crippen molar-refractivity contribution in [2.45, 2.75) is 6.43 Å². The van der Waals surface area contributed by atoms with E-state index in [2.05, 4.69) is 4.98 Å². The van der Waals surface area contributed by atoms with Crippen LogP contribution in [-0.4, -0.2) is 11.3 Å². The fourth-order valence-electron chi connectivity index (χ4n) is 0.923. The van der Waals surface area contributed by atoms with Gasteiger partial charge < -0.3 is 0 Å². The van der Waals surface area contributed by atoms with E-state index in [1.165, 1.54) is 6.07 Å². The predicted octanol–water partition coefficient (Wildman–Crippen LogP) is 1.84. The van der Waals surface area contributed by atoms with Gasteiger partial charge in [-0.05, 0) is 0 Å². The van der Waals surface area contributed by atoms with Gasteiger partial charge in [0.2, 0.25) is 5.95 Å². The third-order valence-electron chi connectivity index (χ3n) is 1.57. The molecule has 0 amide bonds. The first kappa shape index (κ1) is 10.2. The van der Waals surface area contributed by atoms with Gasteiger partial charge in [0.15, 0.2) is 6.29 Å². The summed E-state index contributed by atoms with van der Waals surface area (Å²) in [6.45, 7) is 0. The summed E-state index contributed by atoms with van der Waals surface area (Å²) in [6, 6.07) is 1.31. The molecule has 0 atom stereocenters. The molecule has 3 nitrogen and oxygen atoms in total. The molecule has 0 aromatic carbocycles. The van der Waals surface area contributed by atoms with Crippen molar-refractivity contribution >= 4 is 6.29 Å². The van der Waals surface area contributed by atoms with Crippen LogP contribution in [-0.2, 0) is 0 Å². The second-order valence-corrected chi connectivity index (χ2v) is 2.32. The number of carbonyl (C=O) groups excluding carboxylic acids is 1. The van der Waals surface area contributed by atoms with Crippen LogP contribution in [0.25, 0.3) is 0 Å². The van der Waals surface area contributed by atoms with Crippen molar-refractivity contribution in [3.63, 3.8) is 0 Å². The number of aldehydes is 1. The topological polar surface area (TPSA) is 53.8 Å². The number of rotatable bonds is 2. The lowest BCUT2D eigenvalue weighted by Crippen LogP contribution is -2.02. The van der Waals surface area contributed by atoms with Gasteiger partial charge in [0, 0.05) is 17.3 Å². The van der Waals surface area contributed by atoms with E-state index in [0.717, 1.165) is 0 Å². The summed E-state index contributed by atoms with van der Waals surface area (Å²) in [5.41, 5.74) is -2.13. The van der Waals surface area contributed by atoms with Gasteiger partial charge in [0.25, 0.3) is 6.43 Å². The molecule has 14 heavy (non-hydrogen) atoms. The Morgan fingerprint density at radius 1 is 1.57 bits per heavy atom. The van der Waals surface area contributed by atoms with Gasteiger partial charge >= 0.3 is 0 Å². The summed E-state index contributed by atoms with van der Waals surface area (Å²) in [5.74, 6) is -1.22. The number of nitriles is 1. The van der Waals surface area contributed by atoms with E-state index in [0.29, 0.717) is 6.20 Å². The third kappa shape index (κ3) is 1.57. The first-order valence-electron chi connectivity index (χ1n) is 3.43. The fourth-order valence-corrected chi connectivity index (χ4v) is 0.923. The summed E-state index contributed by atoms with van der Waals surface area (Å²) in [7, 11) is 0. The minimum atomic E-state index is -2.96. The molecule has 0 aliphatic heterocycles. The molecule has 1 aromatic heterocycles. The average Bonchev–Trinajstić information content (AvgIpc) is 2.16. The number of aromatic nitrogens is 1. The van der Waals surface area contributed by atoms with Gasteiger partial charge in [-0.25, -0.2) is 13.8 Å². The SMILES string of the molecule is N#Cc1c(F)ncc(C(F)F)c1C=O. The standard InChI is InChI=1S/C8H3F3N2O/c9-7(10)5-2-13-8(11)4(1-12)6(5)3-14/h2-3,7H. The van der Waals surface area contributed by atoms with E-state index in [1.807, 2.05) is 0 Å². The molecule has 0 radical (unpaired) electrons. The Kier molecular flexibility index (Phi) is 2.82. The highest BCUT2D eigenvalue weighted by molar-refractivity contribution is 5.81. The van der Waals surface area contributed by atoms with Crippen LogP contribution in [0.2, 0.25) is 0 Å². The van der Waals surface area contributed by atoms with Crippen molar-refractivity contribution < 1.29 is 18.0 Å².